The van der Waals surface area contributed by atoms with E-state index in [1.165, 1.54) is 6.07 Å². The van der Waals surface area contributed by atoms with E-state index in [9.17, 15) is 9.59 Å². The number of amides is 1. The van der Waals surface area contributed by atoms with Crippen LogP contribution in [-0.4, -0.2) is 28.0 Å². The second-order valence-electron chi connectivity index (χ2n) is 3.50. The fraction of sp³-hybridized carbons (Fsp3) is 0.364. The normalized spacial score (nSPS) is 11.9. The van der Waals surface area contributed by atoms with Crippen LogP contribution < -0.4 is 5.32 Å². The molecular formula is C11H13BrN2O3. The maximum Gasteiger partial charge on any atom is 0.326 e. The van der Waals surface area contributed by atoms with Gasteiger partial charge < -0.3 is 10.4 Å². The van der Waals surface area contributed by atoms with Crippen molar-refractivity contribution in [2.45, 2.75) is 25.8 Å². The number of carbonyl (C=O) groups excluding carboxylic acids is 1. The summed E-state index contributed by atoms with van der Waals surface area (Å²) in [6, 6.07) is 4.03. The minimum Gasteiger partial charge on any atom is -0.480 e. The third-order valence-corrected chi connectivity index (χ3v) is 2.57. The Balaban J connectivity index is 2.73. The van der Waals surface area contributed by atoms with E-state index < -0.39 is 17.9 Å². The number of aliphatic carboxylic acids is 1. The molecule has 17 heavy (non-hydrogen) atoms. The molecule has 0 bridgehead atoms. The Bertz CT molecular complexity index is 423. The van der Waals surface area contributed by atoms with Crippen LogP contribution in [0.1, 0.15) is 30.3 Å². The van der Waals surface area contributed by atoms with Gasteiger partial charge >= 0.3 is 5.97 Å². The van der Waals surface area contributed by atoms with E-state index in [0.717, 1.165) is 0 Å². The molecule has 5 nitrogen and oxygen atoms in total. The van der Waals surface area contributed by atoms with Gasteiger partial charge in [-0.3, -0.25) is 4.79 Å². The Morgan fingerprint density at radius 1 is 1.53 bits per heavy atom. The zero-order valence-electron chi connectivity index (χ0n) is 9.31. The number of carboxylic acid groups (broad SMARTS) is 1. The summed E-state index contributed by atoms with van der Waals surface area (Å²) in [4.78, 5) is 26.6. The lowest BCUT2D eigenvalue weighted by Gasteiger charge is -2.12. The summed E-state index contributed by atoms with van der Waals surface area (Å²) in [7, 11) is 0. The van der Waals surface area contributed by atoms with E-state index in [-0.39, 0.29) is 5.69 Å². The van der Waals surface area contributed by atoms with Crippen molar-refractivity contribution in [1.82, 2.24) is 10.3 Å². The van der Waals surface area contributed by atoms with Crippen LogP contribution >= 0.6 is 15.9 Å². The molecule has 1 atom stereocenters. The molecule has 0 aliphatic rings. The lowest BCUT2D eigenvalue weighted by Crippen LogP contribution is -2.40. The van der Waals surface area contributed by atoms with Crippen molar-refractivity contribution in [2.75, 3.05) is 0 Å². The molecule has 0 saturated heterocycles. The van der Waals surface area contributed by atoms with E-state index in [1.54, 1.807) is 12.1 Å². The van der Waals surface area contributed by atoms with Crippen LogP contribution in [-0.2, 0) is 4.79 Å². The molecule has 0 aliphatic carbocycles. The number of hydrogen-bond donors (Lipinski definition) is 2. The second kappa shape index (κ2) is 6.34. The van der Waals surface area contributed by atoms with Gasteiger partial charge in [-0.05, 0) is 34.5 Å². The van der Waals surface area contributed by atoms with Crippen LogP contribution in [0.5, 0.6) is 0 Å². The highest BCUT2D eigenvalue weighted by Gasteiger charge is 2.20. The summed E-state index contributed by atoms with van der Waals surface area (Å²) in [6.07, 6.45) is 1.08. The van der Waals surface area contributed by atoms with Gasteiger partial charge in [-0.25, -0.2) is 9.78 Å². The standard InChI is InChI=1S/C11H13BrN2O3/c1-2-4-8(11(16)17)14-10(15)7-5-3-6-9(12)13-7/h3,5-6,8H,2,4H2,1H3,(H,14,15)(H,16,17). The first-order chi connectivity index (χ1) is 8.04. The summed E-state index contributed by atoms with van der Waals surface area (Å²) < 4.78 is 0.535. The molecule has 0 aliphatic heterocycles. The summed E-state index contributed by atoms with van der Waals surface area (Å²) in [5.41, 5.74) is 0.196. The van der Waals surface area contributed by atoms with Gasteiger partial charge in [0.15, 0.2) is 0 Å². The number of aromatic nitrogens is 1. The smallest absolute Gasteiger partial charge is 0.326 e. The zero-order chi connectivity index (χ0) is 12.8. The molecule has 92 valence electrons. The summed E-state index contributed by atoms with van der Waals surface area (Å²) in [5, 5.41) is 11.3. The third-order valence-electron chi connectivity index (χ3n) is 2.13. The van der Waals surface area contributed by atoms with Crippen LogP contribution in [0.15, 0.2) is 22.8 Å². The molecule has 1 aromatic heterocycles. The molecule has 2 N–H and O–H groups in total. The average molecular weight is 301 g/mol. The number of rotatable bonds is 5. The average Bonchev–Trinajstić information content (AvgIpc) is 2.28. The number of pyridine rings is 1. The van der Waals surface area contributed by atoms with Crippen molar-refractivity contribution < 1.29 is 14.7 Å². The first kappa shape index (κ1) is 13.6. The number of carboxylic acids is 1. The van der Waals surface area contributed by atoms with Crippen LogP contribution in [0.25, 0.3) is 0 Å². The third kappa shape index (κ3) is 4.14. The van der Waals surface area contributed by atoms with Gasteiger partial charge in [0.25, 0.3) is 5.91 Å². The number of carbonyl (C=O) groups is 2. The fourth-order valence-electron chi connectivity index (χ4n) is 1.31. The van der Waals surface area contributed by atoms with Crippen molar-refractivity contribution in [1.29, 1.82) is 0 Å². The lowest BCUT2D eigenvalue weighted by molar-refractivity contribution is -0.139. The first-order valence-electron chi connectivity index (χ1n) is 5.20. The maximum absolute atomic E-state index is 11.7. The maximum atomic E-state index is 11.7. The zero-order valence-corrected chi connectivity index (χ0v) is 10.9. The molecule has 1 unspecified atom stereocenters. The minimum atomic E-state index is -1.03. The highest BCUT2D eigenvalue weighted by Crippen LogP contribution is 2.07. The van der Waals surface area contributed by atoms with E-state index in [4.69, 9.17) is 5.11 Å². The molecule has 0 spiro atoms. The van der Waals surface area contributed by atoms with E-state index in [1.807, 2.05) is 6.92 Å². The van der Waals surface area contributed by atoms with Crippen molar-refractivity contribution >= 4 is 27.8 Å². The monoisotopic (exact) mass is 300 g/mol. The minimum absolute atomic E-state index is 0.196. The Labute approximate surface area is 107 Å². The van der Waals surface area contributed by atoms with Gasteiger partial charge in [-0.1, -0.05) is 19.4 Å². The highest BCUT2D eigenvalue weighted by atomic mass is 79.9. The van der Waals surface area contributed by atoms with Gasteiger partial charge in [0, 0.05) is 0 Å². The topological polar surface area (TPSA) is 79.3 Å². The molecular weight excluding hydrogens is 288 g/mol. The molecule has 0 saturated carbocycles. The van der Waals surface area contributed by atoms with Crippen molar-refractivity contribution in [3.05, 3.63) is 28.5 Å². The van der Waals surface area contributed by atoms with Gasteiger partial charge in [0.1, 0.15) is 16.3 Å². The number of nitrogens with zero attached hydrogens (tertiary/aromatic N) is 1. The van der Waals surface area contributed by atoms with Gasteiger partial charge in [0.05, 0.1) is 0 Å². The quantitative estimate of drug-likeness (QED) is 0.813. The largest absolute Gasteiger partial charge is 0.480 e. The number of nitrogens with one attached hydrogen (secondary N) is 1. The van der Waals surface area contributed by atoms with E-state index in [2.05, 4.69) is 26.2 Å². The Morgan fingerprint density at radius 2 is 2.24 bits per heavy atom. The predicted octanol–water partition coefficient (Wildman–Crippen LogP) is 1.83. The lowest BCUT2D eigenvalue weighted by atomic mass is 10.1. The number of hydrogen-bond acceptors (Lipinski definition) is 3. The van der Waals surface area contributed by atoms with Crippen molar-refractivity contribution in [3.8, 4) is 0 Å². The molecule has 1 rings (SSSR count). The van der Waals surface area contributed by atoms with Crippen LogP contribution in [0.4, 0.5) is 0 Å². The molecule has 6 heteroatoms. The highest BCUT2D eigenvalue weighted by molar-refractivity contribution is 9.10. The van der Waals surface area contributed by atoms with Gasteiger partial charge in [0.2, 0.25) is 0 Å². The van der Waals surface area contributed by atoms with E-state index >= 15 is 0 Å². The van der Waals surface area contributed by atoms with E-state index in [0.29, 0.717) is 17.4 Å². The molecule has 1 heterocycles. The Morgan fingerprint density at radius 3 is 2.76 bits per heavy atom. The summed E-state index contributed by atoms with van der Waals surface area (Å²) in [6.45, 7) is 1.86. The number of halogens is 1. The predicted molar refractivity (Wildman–Crippen MR) is 65.7 cm³/mol. The molecule has 0 fully saturated rings. The van der Waals surface area contributed by atoms with Crippen LogP contribution in [0.3, 0.4) is 0 Å². The Kier molecular flexibility index (Phi) is 5.09. The second-order valence-corrected chi connectivity index (χ2v) is 4.31. The molecule has 1 aromatic rings. The van der Waals surface area contributed by atoms with Gasteiger partial charge in [-0.15, -0.1) is 0 Å². The van der Waals surface area contributed by atoms with Crippen molar-refractivity contribution in [3.63, 3.8) is 0 Å². The molecule has 0 radical (unpaired) electrons. The van der Waals surface area contributed by atoms with Crippen LogP contribution in [0, 0.1) is 0 Å². The molecule has 1 amide bonds. The first-order valence-corrected chi connectivity index (χ1v) is 6.00. The molecule has 0 aromatic carbocycles. The van der Waals surface area contributed by atoms with Gasteiger partial charge in [-0.2, -0.15) is 0 Å². The summed E-state index contributed by atoms with van der Waals surface area (Å²) >= 11 is 3.15. The SMILES string of the molecule is CCCC(NC(=O)c1cccc(Br)n1)C(=O)O. The van der Waals surface area contributed by atoms with Crippen molar-refractivity contribution in [2.24, 2.45) is 0 Å². The Hall–Kier alpha value is -1.43. The van der Waals surface area contributed by atoms with Crippen LogP contribution in [0.2, 0.25) is 0 Å². The summed E-state index contributed by atoms with van der Waals surface area (Å²) in [5.74, 6) is -1.51. The fourth-order valence-corrected chi connectivity index (χ4v) is 1.66.